The first-order valence-corrected chi connectivity index (χ1v) is 9.76. The Morgan fingerprint density at radius 2 is 1.85 bits per heavy atom. The van der Waals surface area contributed by atoms with Gasteiger partial charge < -0.3 is 15.3 Å². The number of carbonyl (C=O) groups excluding carboxylic acids is 2. The number of carboxylic acids is 1. The Labute approximate surface area is 164 Å². The molecular weight excluding hydrogens is 368 g/mol. The number of hydrogen-bond acceptors (Lipinski definition) is 3. The Morgan fingerprint density at radius 3 is 2.41 bits per heavy atom. The van der Waals surface area contributed by atoms with Crippen molar-refractivity contribution in [3.8, 4) is 0 Å². The van der Waals surface area contributed by atoms with Crippen LogP contribution < -0.4 is 5.32 Å². The van der Waals surface area contributed by atoms with E-state index in [1.807, 2.05) is 13.8 Å². The zero-order valence-corrected chi connectivity index (χ0v) is 16.6. The van der Waals surface area contributed by atoms with Crippen molar-refractivity contribution in [2.24, 2.45) is 11.3 Å². The van der Waals surface area contributed by atoms with Crippen LogP contribution in [0.15, 0.2) is 24.3 Å². The highest BCUT2D eigenvalue weighted by atomic mass is 35.5. The summed E-state index contributed by atoms with van der Waals surface area (Å²) in [5.74, 6) is -1.52. The maximum atomic E-state index is 12.7. The highest BCUT2D eigenvalue weighted by molar-refractivity contribution is 6.30. The molecule has 6 nitrogen and oxygen atoms in total. The molecule has 2 amide bonds. The van der Waals surface area contributed by atoms with Gasteiger partial charge in [-0.25, -0.2) is 0 Å². The molecule has 1 aliphatic rings. The van der Waals surface area contributed by atoms with Gasteiger partial charge in [0.1, 0.15) is 0 Å². The van der Waals surface area contributed by atoms with E-state index in [1.165, 1.54) is 0 Å². The fourth-order valence-electron chi connectivity index (χ4n) is 3.43. The van der Waals surface area contributed by atoms with Crippen molar-refractivity contribution in [1.82, 2.24) is 10.2 Å². The molecule has 148 valence electrons. The fraction of sp³-hybridized carbons (Fsp3) is 0.550. The Balaban J connectivity index is 1.98. The van der Waals surface area contributed by atoms with Gasteiger partial charge in [0.2, 0.25) is 5.91 Å². The minimum Gasteiger partial charge on any atom is -0.481 e. The van der Waals surface area contributed by atoms with Gasteiger partial charge in [0.25, 0.3) is 5.91 Å². The lowest BCUT2D eigenvalue weighted by Gasteiger charge is -2.33. The maximum Gasteiger partial charge on any atom is 0.311 e. The van der Waals surface area contributed by atoms with Crippen LogP contribution >= 0.6 is 11.6 Å². The van der Waals surface area contributed by atoms with Crippen molar-refractivity contribution in [3.63, 3.8) is 0 Å². The van der Waals surface area contributed by atoms with Gasteiger partial charge in [-0.1, -0.05) is 25.4 Å². The van der Waals surface area contributed by atoms with E-state index in [0.29, 0.717) is 42.9 Å². The third kappa shape index (κ3) is 5.01. The summed E-state index contributed by atoms with van der Waals surface area (Å²) in [5, 5.41) is 12.9. The van der Waals surface area contributed by atoms with Gasteiger partial charge in [0, 0.05) is 30.2 Å². The van der Waals surface area contributed by atoms with E-state index in [-0.39, 0.29) is 24.3 Å². The van der Waals surface area contributed by atoms with Gasteiger partial charge in [0.05, 0.1) is 11.3 Å². The number of aliphatic carboxylic acids is 1. The molecule has 1 aromatic rings. The van der Waals surface area contributed by atoms with Crippen LogP contribution in [0, 0.1) is 11.3 Å². The second-order valence-electron chi connectivity index (χ2n) is 7.11. The molecule has 1 fully saturated rings. The van der Waals surface area contributed by atoms with Crippen LogP contribution in [-0.2, 0) is 9.59 Å². The first-order chi connectivity index (χ1) is 12.8. The molecule has 1 heterocycles. The highest BCUT2D eigenvalue weighted by Gasteiger charge is 2.36. The first-order valence-electron chi connectivity index (χ1n) is 9.39. The molecule has 0 bridgehead atoms. The van der Waals surface area contributed by atoms with E-state index in [2.05, 4.69) is 5.32 Å². The topological polar surface area (TPSA) is 86.7 Å². The second kappa shape index (κ2) is 9.22. The molecule has 0 spiro atoms. The molecule has 1 aliphatic heterocycles. The van der Waals surface area contributed by atoms with Crippen LogP contribution in [0.3, 0.4) is 0 Å². The Hall–Kier alpha value is -2.08. The van der Waals surface area contributed by atoms with Crippen molar-refractivity contribution in [3.05, 3.63) is 34.9 Å². The number of nitrogens with one attached hydrogen (secondary N) is 1. The first kappa shape index (κ1) is 21.2. The molecule has 0 aliphatic carbocycles. The van der Waals surface area contributed by atoms with Crippen molar-refractivity contribution in [1.29, 1.82) is 0 Å². The number of halogens is 1. The smallest absolute Gasteiger partial charge is 0.311 e. The summed E-state index contributed by atoms with van der Waals surface area (Å²) in [4.78, 5) is 38.5. The molecule has 2 rings (SSSR count). The van der Waals surface area contributed by atoms with Crippen LogP contribution in [0.5, 0.6) is 0 Å². The van der Waals surface area contributed by atoms with E-state index < -0.39 is 11.4 Å². The van der Waals surface area contributed by atoms with Crippen molar-refractivity contribution in [2.45, 2.75) is 39.5 Å². The standard InChI is InChI=1S/C20H27ClN2O4/c1-3-20(4-2,19(26)27)13-22-17(24)15-6-5-11-23(12-15)18(25)14-7-9-16(21)10-8-14/h7-10,15H,3-6,11-13H2,1-2H3,(H,22,24)(H,26,27). The fourth-order valence-corrected chi connectivity index (χ4v) is 3.56. The van der Waals surface area contributed by atoms with Gasteiger partial charge in [-0.2, -0.15) is 0 Å². The van der Waals surface area contributed by atoms with Crippen LogP contribution in [-0.4, -0.2) is 47.4 Å². The summed E-state index contributed by atoms with van der Waals surface area (Å²) in [7, 11) is 0. The van der Waals surface area contributed by atoms with Crippen molar-refractivity contribution < 1.29 is 19.5 Å². The van der Waals surface area contributed by atoms with Crippen LogP contribution in [0.25, 0.3) is 0 Å². The molecule has 27 heavy (non-hydrogen) atoms. The molecule has 0 aromatic heterocycles. The third-order valence-electron chi connectivity index (χ3n) is 5.58. The molecule has 1 unspecified atom stereocenters. The highest BCUT2D eigenvalue weighted by Crippen LogP contribution is 2.26. The molecule has 7 heteroatoms. The van der Waals surface area contributed by atoms with E-state index >= 15 is 0 Å². The molecule has 1 saturated heterocycles. The van der Waals surface area contributed by atoms with Gasteiger partial charge >= 0.3 is 5.97 Å². The lowest BCUT2D eigenvalue weighted by atomic mass is 9.82. The molecule has 2 N–H and O–H groups in total. The number of amides is 2. The predicted octanol–water partition coefficient (Wildman–Crippen LogP) is 3.20. The monoisotopic (exact) mass is 394 g/mol. The van der Waals surface area contributed by atoms with E-state index in [1.54, 1.807) is 29.2 Å². The zero-order chi connectivity index (χ0) is 20.0. The van der Waals surface area contributed by atoms with Gasteiger partial charge in [0.15, 0.2) is 0 Å². The molecule has 0 saturated carbocycles. The average Bonchev–Trinajstić information content (AvgIpc) is 2.69. The number of rotatable bonds is 7. The largest absolute Gasteiger partial charge is 0.481 e. The summed E-state index contributed by atoms with van der Waals surface area (Å²) in [6.45, 7) is 4.68. The van der Waals surface area contributed by atoms with Crippen molar-refractivity contribution >= 4 is 29.4 Å². The maximum absolute atomic E-state index is 12.7. The van der Waals surface area contributed by atoms with Crippen LogP contribution in [0.1, 0.15) is 49.9 Å². The van der Waals surface area contributed by atoms with Gasteiger partial charge in [-0.05, 0) is 49.9 Å². The number of likely N-dealkylation sites (tertiary alicyclic amines) is 1. The molecule has 1 aromatic carbocycles. The minimum absolute atomic E-state index is 0.107. The number of benzene rings is 1. The predicted molar refractivity (Wildman–Crippen MR) is 104 cm³/mol. The normalized spacial score (nSPS) is 17.4. The lowest BCUT2D eigenvalue weighted by molar-refractivity contribution is -0.149. The Morgan fingerprint density at radius 1 is 1.22 bits per heavy atom. The second-order valence-corrected chi connectivity index (χ2v) is 7.54. The Kier molecular flexibility index (Phi) is 7.25. The van der Waals surface area contributed by atoms with Gasteiger partial charge in [-0.15, -0.1) is 0 Å². The third-order valence-corrected chi connectivity index (χ3v) is 5.83. The average molecular weight is 395 g/mol. The summed E-state index contributed by atoms with van der Waals surface area (Å²) >= 11 is 5.86. The van der Waals surface area contributed by atoms with Gasteiger partial charge in [-0.3, -0.25) is 14.4 Å². The van der Waals surface area contributed by atoms with Crippen LogP contribution in [0.2, 0.25) is 5.02 Å². The van der Waals surface area contributed by atoms with E-state index in [9.17, 15) is 19.5 Å². The van der Waals surface area contributed by atoms with Crippen LogP contribution in [0.4, 0.5) is 0 Å². The number of hydrogen-bond donors (Lipinski definition) is 2. The summed E-state index contributed by atoms with van der Waals surface area (Å²) in [6.07, 6.45) is 2.33. The van der Waals surface area contributed by atoms with Crippen molar-refractivity contribution in [2.75, 3.05) is 19.6 Å². The quantitative estimate of drug-likeness (QED) is 0.743. The SMILES string of the molecule is CCC(CC)(CNC(=O)C1CCCN(C(=O)c2ccc(Cl)cc2)C1)C(=O)O. The number of piperidine rings is 1. The molecule has 1 atom stereocenters. The lowest BCUT2D eigenvalue weighted by Crippen LogP contribution is -2.48. The van der Waals surface area contributed by atoms with E-state index in [0.717, 1.165) is 6.42 Å². The number of carbonyl (C=O) groups is 3. The molecular formula is C20H27ClN2O4. The summed E-state index contributed by atoms with van der Waals surface area (Å²) in [5.41, 5.74) is -0.398. The minimum atomic E-state index is -0.941. The summed E-state index contributed by atoms with van der Waals surface area (Å²) < 4.78 is 0. The zero-order valence-electron chi connectivity index (χ0n) is 15.8. The Bertz CT molecular complexity index is 686. The van der Waals surface area contributed by atoms with E-state index in [4.69, 9.17) is 11.6 Å². The number of carboxylic acid groups (broad SMARTS) is 1. The summed E-state index contributed by atoms with van der Waals surface area (Å²) in [6, 6.07) is 6.70. The molecule has 0 radical (unpaired) electrons. The number of nitrogens with zero attached hydrogens (tertiary/aromatic N) is 1.